The van der Waals surface area contributed by atoms with Crippen LogP contribution in [0.4, 0.5) is 11.8 Å². The van der Waals surface area contributed by atoms with Gasteiger partial charge >= 0.3 is 0 Å². The summed E-state index contributed by atoms with van der Waals surface area (Å²) in [5, 5.41) is 0. The summed E-state index contributed by atoms with van der Waals surface area (Å²) in [5.41, 5.74) is 9.72. The third-order valence-electron chi connectivity index (χ3n) is 5.02. The highest BCUT2D eigenvalue weighted by Crippen LogP contribution is 2.42. The Morgan fingerprint density at radius 3 is 2.45 bits per heavy atom. The molecule has 146 valence electrons. The Morgan fingerprint density at radius 2 is 1.72 bits per heavy atom. The normalized spacial score (nSPS) is 14.4. The first-order valence-corrected chi connectivity index (χ1v) is 10.3. The van der Waals surface area contributed by atoms with Crippen LogP contribution in [0.3, 0.4) is 0 Å². The van der Waals surface area contributed by atoms with Crippen LogP contribution in [0.5, 0.6) is 0 Å². The van der Waals surface area contributed by atoms with Crippen LogP contribution >= 0.6 is 11.3 Å². The summed E-state index contributed by atoms with van der Waals surface area (Å²) in [6.45, 7) is 5.13. The fourth-order valence-corrected chi connectivity index (χ4v) is 4.78. The first-order chi connectivity index (χ1) is 14.2. The van der Waals surface area contributed by atoms with Gasteiger partial charge in [-0.25, -0.2) is 19.9 Å². The maximum absolute atomic E-state index is 5.65. The van der Waals surface area contributed by atoms with Crippen molar-refractivity contribution in [1.82, 2.24) is 19.9 Å². The van der Waals surface area contributed by atoms with Gasteiger partial charge in [-0.15, -0.1) is 11.3 Å². The van der Waals surface area contributed by atoms with E-state index in [2.05, 4.69) is 46.1 Å². The number of rotatable bonds is 3. The van der Waals surface area contributed by atoms with Crippen molar-refractivity contribution in [1.29, 1.82) is 0 Å². The Morgan fingerprint density at radius 1 is 1.00 bits per heavy atom. The van der Waals surface area contributed by atoms with Gasteiger partial charge in [0.25, 0.3) is 0 Å². The molecule has 2 N–H and O–H groups in total. The summed E-state index contributed by atoms with van der Waals surface area (Å²) in [6, 6.07) is 10.4. The lowest BCUT2D eigenvalue weighted by Crippen LogP contribution is -2.36. The molecule has 3 aromatic heterocycles. The molecule has 0 bridgehead atoms. The number of hydrogen-bond acceptors (Lipinski definition) is 8. The molecule has 0 radical (unpaired) electrons. The van der Waals surface area contributed by atoms with E-state index in [9.17, 15) is 0 Å². The van der Waals surface area contributed by atoms with Crippen LogP contribution in [0.15, 0.2) is 42.7 Å². The summed E-state index contributed by atoms with van der Waals surface area (Å²) in [4.78, 5) is 21.5. The van der Waals surface area contributed by atoms with Gasteiger partial charge in [-0.1, -0.05) is 30.3 Å². The molecule has 1 fully saturated rings. The van der Waals surface area contributed by atoms with Crippen LogP contribution in [0.25, 0.3) is 32.0 Å². The maximum Gasteiger partial charge on any atom is 0.219 e. The Balaban J connectivity index is 1.73. The van der Waals surface area contributed by atoms with E-state index in [1.807, 2.05) is 6.07 Å². The predicted octanol–water partition coefficient (Wildman–Crippen LogP) is 3.54. The van der Waals surface area contributed by atoms with Crippen molar-refractivity contribution >= 4 is 33.3 Å². The van der Waals surface area contributed by atoms with E-state index in [1.54, 1.807) is 23.7 Å². The second-order valence-electron chi connectivity index (χ2n) is 6.90. The molecule has 8 heteroatoms. The van der Waals surface area contributed by atoms with Crippen molar-refractivity contribution in [2.75, 3.05) is 36.9 Å². The summed E-state index contributed by atoms with van der Waals surface area (Å²) in [6.07, 6.45) is 3.35. The van der Waals surface area contributed by atoms with Gasteiger partial charge in [0.15, 0.2) is 11.6 Å². The van der Waals surface area contributed by atoms with Gasteiger partial charge in [-0.2, -0.15) is 0 Å². The minimum atomic E-state index is 0.237. The number of nitrogens with two attached hydrogens (primary N) is 1. The molecule has 0 spiro atoms. The Bertz CT molecular complexity index is 1150. The molecule has 0 amide bonds. The van der Waals surface area contributed by atoms with Gasteiger partial charge in [0.1, 0.15) is 0 Å². The van der Waals surface area contributed by atoms with Crippen LogP contribution in [-0.2, 0) is 4.74 Å². The van der Waals surface area contributed by atoms with E-state index in [0.29, 0.717) is 19.0 Å². The molecule has 0 aliphatic carbocycles. The lowest BCUT2D eigenvalue weighted by atomic mass is 10.1. The second-order valence-corrected chi connectivity index (χ2v) is 7.92. The van der Waals surface area contributed by atoms with Gasteiger partial charge in [-0.3, -0.25) is 0 Å². The van der Waals surface area contributed by atoms with Crippen LogP contribution in [0.1, 0.15) is 5.56 Å². The summed E-state index contributed by atoms with van der Waals surface area (Å²) < 4.78 is 6.64. The van der Waals surface area contributed by atoms with Crippen LogP contribution in [0, 0.1) is 6.92 Å². The maximum atomic E-state index is 5.65. The number of thiophene rings is 1. The van der Waals surface area contributed by atoms with Crippen LogP contribution < -0.4 is 10.6 Å². The van der Waals surface area contributed by atoms with Gasteiger partial charge in [0.2, 0.25) is 5.95 Å². The summed E-state index contributed by atoms with van der Waals surface area (Å²) in [7, 11) is 0. The Kier molecular flexibility index (Phi) is 4.57. The smallest absolute Gasteiger partial charge is 0.219 e. The molecule has 0 unspecified atom stereocenters. The zero-order valence-corrected chi connectivity index (χ0v) is 16.8. The largest absolute Gasteiger partial charge is 0.378 e. The lowest BCUT2D eigenvalue weighted by molar-refractivity contribution is 0.122. The molecule has 0 saturated carbocycles. The van der Waals surface area contributed by atoms with Crippen molar-refractivity contribution in [2.45, 2.75) is 6.92 Å². The highest BCUT2D eigenvalue weighted by Gasteiger charge is 2.22. The molecule has 1 saturated heterocycles. The topological polar surface area (TPSA) is 90.0 Å². The fraction of sp³-hybridized carbons (Fsp3) is 0.238. The Labute approximate surface area is 172 Å². The number of morpholine rings is 1. The standard InChI is InChI=1S/C21H20N6OS/c1-13-16-18(29-17(13)14-5-3-2-4-6-14)20(27-7-9-28-10-8-27)26-19(25-16)15-11-23-21(22)24-12-15/h2-6,11-12H,7-10H2,1H3,(H2,22,23,24). The van der Waals surface area contributed by atoms with Gasteiger partial charge in [0, 0.05) is 30.4 Å². The Hall–Kier alpha value is -3.10. The highest BCUT2D eigenvalue weighted by atomic mass is 32.1. The third-order valence-corrected chi connectivity index (χ3v) is 6.35. The van der Waals surface area contributed by atoms with Crippen molar-refractivity contribution in [2.24, 2.45) is 0 Å². The molecule has 29 heavy (non-hydrogen) atoms. The molecule has 7 nitrogen and oxygen atoms in total. The van der Waals surface area contributed by atoms with Crippen molar-refractivity contribution in [3.63, 3.8) is 0 Å². The molecule has 1 aliphatic rings. The minimum Gasteiger partial charge on any atom is -0.378 e. The average molecular weight is 404 g/mol. The minimum absolute atomic E-state index is 0.237. The van der Waals surface area contributed by atoms with Gasteiger partial charge in [0.05, 0.1) is 29.0 Å². The molecule has 4 heterocycles. The molecular formula is C21H20N6OS. The first kappa shape index (κ1) is 18.0. The number of benzene rings is 1. The van der Waals surface area contributed by atoms with E-state index in [4.69, 9.17) is 20.4 Å². The number of aromatic nitrogens is 4. The third kappa shape index (κ3) is 3.30. The van der Waals surface area contributed by atoms with Gasteiger partial charge < -0.3 is 15.4 Å². The zero-order chi connectivity index (χ0) is 19.8. The summed E-state index contributed by atoms with van der Waals surface area (Å²) in [5.74, 6) is 1.79. The fourth-order valence-electron chi connectivity index (χ4n) is 3.51. The van der Waals surface area contributed by atoms with E-state index >= 15 is 0 Å². The number of ether oxygens (including phenoxy) is 1. The zero-order valence-electron chi connectivity index (χ0n) is 16.0. The second kappa shape index (κ2) is 7.38. The number of anilines is 2. The van der Waals surface area contributed by atoms with Crippen LogP contribution in [-0.4, -0.2) is 46.2 Å². The van der Waals surface area contributed by atoms with E-state index < -0.39 is 0 Å². The quantitative estimate of drug-likeness (QED) is 0.558. The predicted molar refractivity (Wildman–Crippen MR) is 116 cm³/mol. The lowest BCUT2D eigenvalue weighted by Gasteiger charge is -2.28. The first-order valence-electron chi connectivity index (χ1n) is 9.48. The molecule has 4 aromatic rings. The van der Waals surface area contributed by atoms with E-state index in [0.717, 1.165) is 40.3 Å². The molecular weight excluding hydrogens is 384 g/mol. The number of nitrogen functional groups attached to an aromatic ring is 1. The average Bonchev–Trinajstić information content (AvgIpc) is 3.11. The van der Waals surface area contributed by atoms with Crippen molar-refractivity contribution in [3.05, 3.63) is 48.3 Å². The van der Waals surface area contributed by atoms with Gasteiger partial charge in [-0.05, 0) is 18.1 Å². The van der Waals surface area contributed by atoms with E-state index in [1.165, 1.54) is 10.4 Å². The van der Waals surface area contributed by atoms with E-state index in [-0.39, 0.29) is 5.95 Å². The number of fused-ring (bicyclic) bond motifs is 1. The monoisotopic (exact) mass is 404 g/mol. The number of aryl methyl sites for hydroxylation is 1. The van der Waals surface area contributed by atoms with Crippen LogP contribution in [0.2, 0.25) is 0 Å². The molecule has 1 aromatic carbocycles. The summed E-state index contributed by atoms with van der Waals surface area (Å²) >= 11 is 1.74. The number of nitrogens with zero attached hydrogens (tertiary/aromatic N) is 5. The van der Waals surface area contributed by atoms with Crippen molar-refractivity contribution < 1.29 is 4.74 Å². The number of hydrogen-bond donors (Lipinski definition) is 1. The van der Waals surface area contributed by atoms with Crippen molar-refractivity contribution in [3.8, 4) is 21.8 Å². The molecule has 5 rings (SSSR count). The molecule has 0 atom stereocenters. The SMILES string of the molecule is Cc1c(-c2ccccc2)sc2c(N3CCOCC3)nc(-c3cnc(N)nc3)nc12. The molecule has 1 aliphatic heterocycles. The highest BCUT2D eigenvalue weighted by molar-refractivity contribution is 7.23.